The topological polar surface area (TPSA) is 55.9 Å². The molecule has 5 aromatic rings. The van der Waals surface area contributed by atoms with Crippen LogP contribution in [0.1, 0.15) is 26.2 Å². The Morgan fingerprint density at radius 2 is 1.84 bits per heavy atom. The third-order valence-corrected chi connectivity index (χ3v) is 8.70. The van der Waals surface area contributed by atoms with Gasteiger partial charge in [0.1, 0.15) is 5.75 Å². The summed E-state index contributed by atoms with van der Waals surface area (Å²) in [4.78, 5) is 8.10. The maximum absolute atomic E-state index is 15.2. The molecule has 4 aromatic carbocycles. The molecule has 1 unspecified atom stereocenters. The second kappa shape index (κ2) is 13.5. The molecule has 6 nitrogen and oxygen atoms in total. The van der Waals surface area contributed by atoms with Crippen molar-refractivity contribution in [2.45, 2.75) is 31.1 Å². The summed E-state index contributed by atoms with van der Waals surface area (Å²) in [6.45, 7) is 6.27. The zero-order chi connectivity index (χ0) is 29.6. The Kier molecular flexibility index (Phi) is 9.15. The predicted octanol–water partition coefficient (Wildman–Crippen LogP) is 8.95. The van der Waals surface area contributed by atoms with Gasteiger partial charge in [-0.3, -0.25) is 4.98 Å². The van der Waals surface area contributed by atoms with Crippen molar-refractivity contribution < 1.29 is 18.6 Å². The summed E-state index contributed by atoms with van der Waals surface area (Å²) in [5.74, 6) is 2.13. The van der Waals surface area contributed by atoms with Crippen LogP contribution in [0.2, 0.25) is 0 Å². The lowest BCUT2D eigenvalue weighted by Crippen LogP contribution is -2.35. The molecule has 0 spiro atoms. The molecule has 43 heavy (non-hydrogen) atoms. The highest BCUT2D eigenvalue weighted by molar-refractivity contribution is 8.00. The Morgan fingerprint density at radius 3 is 2.70 bits per heavy atom. The molecule has 1 fully saturated rings. The molecule has 8 heteroatoms. The van der Waals surface area contributed by atoms with E-state index in [2.05, 4.69) is 39.7 Å². The highest BCUT2D eigenvalue weighted by Gasteiger charge is 2.17. The Labute approximate surface area is 256 Å². The smallest absolute Gasteiger partial charge is 0.167 e. The lowest BCUT2D eigenvalue weighted by molar-refractivity contribution is 0.169. The molecule has 6 rings (SSSR count). The summed E-state index contributed by atoms with van der Waals surface area (Å²) >= 11 is 1.45. The van der Waals surface area contributed by atoms with Crippen LogP contribution in [0.4, 0.5) is 10.1 Å². The van der Waals surface area contributed by atoms with E-state index in [1.54, 1.807) is 31.5 Å². The summed E-state index contributed by atoms with van der Waals surface area (Å²) in [6.07, 6.45) is 5.18. The van der Waals surface area contributed by atoms with Gasteiger partial charge in [-0.2, -0.15) is 0 Å². The molecule has 1 aliphatic heterocycles. The molecule has 0 radical (unpaired) electrons. The number of pyridine rings is 1. The van der Waals surface area contributed by atoms with Crippen LogP contribution in [0.3, 0.4) is 0 Å². The summed E-state index contributed by atoms with van der Waals surface area (Å²) in [5.41, 5.74) is 1.32. The van der Waals surface area contributed by atoms with Gasteiger partial charge >= 0.3 is 0 Å². The van der Waals surface area contributed by atoms with Crippen LogP contribution in [0.15, 0.2) is 90.0 Å². The lowest BCUT2D eigenvalue weighted by Gasteiger charge is -2.30. The highest BCUT2D eigenvalue weighted by Crippen LogP contribution is 2.38. The van der Waals surface area contributed by atoms with Gasteiger partial charge in [0.15, 0.2) is 23.1 Å². The molecule has 1 N–H and O–H groups in total. The van der Waals surface area contributed by atoms with Crippen LogP contribution < -0.4 is 18.9 Å². The molecular weight excluding hydrogens is 561 g/mol. The SMILES string of the molecule is COc1cc2c(Oc3ccc(NSc4cccc5ccccc45)cc3F)ccnc2cc1OCCCN1CCCC(C)C1. The van der Waals surface area contributed by atoms with E-state index in [1.165, 1.54) is 37.4 Å². The predicted molar refractivity (Wildman–Crippen MR) is 173 cm³/mol. The van der Waals surface area contributed by atoms with Crippen molar-refractivity contribution in [2.24, 2.45) is 5.92 Å². The first-order chi connectivity index (χ1) is 21.1. The number of ether oxygens (including phenoxy) is 3. The Morgan fingerprint density at radius 1 is 0.953 bits per heavy atom. The molecule has 2 heterocycles. The highest BCUT2D eigenvalue weighted by atomic mass is 32.2. The largest absolute Gasteiger partial charge is 0.493 e. The van der Waals surface area contributed by atoms with Crippen molar-refractivity contribution in [1.29, 1.82) is 0 Å². The number of nitrogens with one attached hydrogen (secondary N) is 1. The van der Waals surface area contributed by atoms with E-state index in [4.69, 9.17) is 14.2 Å². The second-order valence-electron chi connectivity index (χ2n) is 11.0. The number of likely N-dealkylation sites (tertiary alicyclic amines) is 1. The molecule has 1 saturated heterocycles. The number of fused-ring (bicyclic) bond motifs is 2. The minimum Gasteiger partial charge on any atom is -0.493 e. The third-order valence-electron chi connectivity index (χ3n) is 7.78. The monoisotopic (exact) mass is 597 g/mol. The van der Waals surface area contributed by atoms with E-state index in [9.17, 15) is 0 Å². The Bertz CT molecular complexity index is 1710. The van der Waals surface area contributed by atoms with Gasteiger partial charge in [0.05, 0.1) is 19.2 Å². The van der Waals surface area contributed by atoms with Gasteiger partial charge in [-0.1, -0.05) is 43.3 Å². The minimum absolute atomic E-state index is 0.125. The maximum atomic E-state index is 15.2. The standard InChI is InChI=1S/C35H36FN3O3S/c1-24-8-6-17-39(23-24)18-7-19-41-34-22-30-28(21-33(34)40-2)31(15-16-37-30)42-32-14-13-26(20-29(32)36)38-43-35-12-5-10-25-9-3-4-11-27(25)35/h3-5,9-16,20-22,24,38H,6-8,17-19,23H2,1-2H3. The average molecular weight is 598 g/mol. The summed E-state index contributed by atoms with van der Waals surface area (Å²) in [6, 6.07) is 24.6. The first-order valence-corrected chi connectivity index (χ1v) is 15.6. The number of benzene rings is 4. The molecule has 0 bridgehead atoms. The lowest BCUT2D eigenvalue weighted by atomic mass is 10.0. The second-order valence-corrected chi connectivity index (χ2v) is 11.9. The van der Waals surface area contributed by atoms with Gasteiger partial charge in [0.25, 0.3) is 0 Å². The Balaban J connectivity index is 1.12. The molecule has 0 aliphatic carbocycles. The normalized spacial score (nSPS) is 15.5. The summed E-state index contributed by atoms with van der Waals surface area (Å²) in [5, 5.41) is 3.01. The molecular formula is C35H36FN3O3S. The van der Waals surface area contributed by atoms with Crippen molar-refractivity contribution in [1.82, 2.24) is 9.88 Å². The number of rotatable bonds is 11. The van der Waals surface area contributed by atoms with Crippen molar-refractivity contribution in [3.63, 3.8) is 0 Å². The number of hydrogen-bond donors (Lipinski definition) is 1. The molecule has 0 saturated carbocycles. The van der Waals surface area contributed by atoms with E-state index in [1.807, 2.05) is 36.4 Å². The number of halogens is 1. The van der Waals surface area contributed by atoms with E-state index >= 15 is 4.39 Å². The quantitative estimate of drug-likeness (QED) is 0.120. The first kappa shape index (κ1) is 29.1. The van der Waals surface area contributed by atoms with Gasteiger partial charge in [-0.25, -0.2) is 4.39 Å². The third kappa shape index (κ3) is 6.98. The number of piperidine rings is 1. The zero-order valence-electron chi connectivity index (χ0n) is 24.5. The molecule has 1 aromatic heterocycles. The molecule has 1 aliphatic rings. The Hall–Kier alpha value is -4.01. The van der Waals surface area contributed by atoms with Crippen LogP contribution in [-0.4, -0.2) is 43.2 Å². The van der Waals surface area contributed by atoms with E-state index < -0.39 is 5.82 Å². The van der Waals surface area contributed by atoms with Crippen molar-refractivity contribution in [2.75, 3.05) is 38.1 Å². The molecule has 222 valence electrons. The van der Waals surface area contributed by atoms with Crippen LogP contribution in [0.5, 0.6) is 23.0 Å². The van der Waals surface area contributed by atoms with Crippen molar-refractivity contribution in [3.05, 3.63) is 90.9 Å². The van der Waals surface area contributed by atoms with Crippen molar-refractivity contribution >= 4 is 39.3 Å². The zero-order valence-corrected chi connectivity index (χ0v) is 25.3. The van der Waals surface area contributed by atoms with Gasteiger partial charge in [0, 0.05) is 47.4 Å². The van der Waals surface area contributed by atoms with Gasteiger partial charge in [-0.05, 0) is 84.8 Å². The summed E-state index contributed by atoms with van der Waals surface area (Å²) in [7, 11) is 1.61. The number of nitrogens with zero attached hydrogens (tertiary/aromatic N) is 2. The van der Waals surface area contributed by atoms with E-state index in [0.29, 0.717) is 40.4 Å². The molecule has 1 atom stereocenters. The fraction of sp³-hybridized carbons (Fsp3) is 0.286. The number of anilines is 1. The van der Waals surface area contributed by atoms with Crippen LogP contribution in [-0.2, 0) is 0 Å². The van der Waals surface area contributed by atoms with Gasteiger partial charge in [-0.15, -0.1) is 0 Å². The van der Waals surface area contributed by atoms with Crippen LogP contribution in [0.25, 0.3) is 21.7 Å². The number of hydrogen-bond acceptors (Lipinski definition) is 7. The fourth-order valence-corrected chi connectivity index (χ4v) is 6.41. The van der Waals surface area contributed by atoms with Gasteiger partial charge < -0.3 is 23.8 Å². The van der Waals surface area contributed by atoms with E-state index in [0.717, 1.165) is 41.1 Å². The average Bonchev–Trinajstić information content (AvgIpc) is 3.03. The number of methoxy groups -OCH3 is 1. The molecule has 0 amide bonds. The summed E-state index contributed by atoms with van der Waals surface area (Å²) < 4.78 is 36.3. The van der Waals surface area contributed by atoms with Crippen molar-refractivity contribution in [3.8, 4) is 23.0 Å². The van der Waals surface area contributed by atoms with Crippen LogP contribution in [0, 0.1) is 11.7 Å². The van der Waals surface area contributed by atoms with Gasteiger partial charge in [0.2, 0.25) is 0 Å². The maximum Gasteiger partial charge on any atom is 0.167 e. The fourth-order valence-electron chi connectivity index (χ4n) is 5.61. The minimum atomic E-state index is -0.469. The van der Waals surface area contributed by atoms with E-state index in [-0.39, 0.29) is 5.75 Å². The van der Waals surface area contributed by atoms with Crippen LogP contribution >= 0.6 is 11.9 Å². The first-order valence-electron chi connectivity index (χ1n) is 14.8. The number of aromatic nitrogens is 1.